The first-order valence-corrected chi connectivity index (χ1v) is 9.15. The maximum atomic E-state index is 12.9. The molecule has 0 saturated heterocycles. The number of nitrogens with zero attached hydrogens (tertiary/aromatic N) is 5. The summed E-state index contributed by atoms with van der Waals surface area (Å²) in [5.74, 6) is 1.24. The zero-order valence-electron chi connectivity index (χ0n) is 16.3. The van der Waals surface area contributed by atoms with E-state index >= 15 is 0 Å². The summed E-state index contributed by atoms with van der Waals surface area (Å²) < 4.78 is 6.98. The number of anilines is 1. The summed E-state index contributed by atoms with van der Waals surface area (Å²) >= 11 is 0. The van der Waals surface area contributed by atoms with Crippen molar-refractivity contribution in [3.8, 4) is 11.4 Å². The second-order valence-electron chi connectivity index (χ2n) is 6.36. The number of methoxy groups -OCH3 is 1. The SMILES string of the molecule is CCCN(Cc1ccccc1)C(=O)Nc1ccc(OC)c(-n2nnnc2C)c1. The van der Waals surface area contributed by atoms with Crippen molar-refractivity contribution in [2.24, 2.45) is 0 Å². The maximum absolute atomic E-state index is 12.9. The van der Waals surface area contributed by atoms with Gasteiger partial charge in [-0.15, -0.1) is 5.10 Å². The van der Waals surface area contributed by atoms with Gasteiger partial charge >= 0.3 is 6.03 Å². The molecular weight excluding hydrogens is 356 g/mol. The Bertz CT molecular complexity index is 925. The number of nitrogens with one attached hydrogen (secondary N) is 1. The number of rotatable bonds is 7. The number of aromatic nitrogens is 4. The van der Waals surface area contributed by atoms with Crippen LogP contribution in [0.5, 0.6) is 5.75 Å². The monoisotopic (exact) mass is 380 g/mol. The molecule has 3 aromatic rings. The molecule has 1 aromatic heterocycles. The summed E-state index contributed by atoms with van der Waals surface area (Å²) in [5, 5.41) is 14.5. The highest BCUT2D eigenvalue weighted by Gasteiger charge is 2.16. The largest absolute Gasteiger partial charge is 0.494 e. The lowest BCUT2D eigenvalue weighted by molar-refractivity contribution is 0.209. The minimum atomic E-state index is -0.157. The van der Waals surface area contributed by atoms with Crippen LogP contribution in [0.2, 0.25) is 0 Å². The van der Waals surface area contributed by atoms with E-state index < -0.39 is 0 Å². The van der Waals surface area contributed by atoms with Crippen molar-refractivity contribution in [2.45, 2.75) is 26.8 Å². The van der Waals surface area contributed by atoms with Gasteiger partial charge in [0.05, 0.1) is 7.11 Å². The lowest BCUT2D eigenvalue weighted by Gasteiger charge is -2.23. The van der Waals surface area contributed by atoms with E-state index in [1.54, 1.807) is 41.8 Å². The van der Waals surface area contributed by atoms with Crippen molar-refractivity contribution < 1.29 is 9.53 Å². The van der Waals surface area contributed by atoms with Gasteiger partial charge in [0.2, 0.25) is 0 Å². The third-order valence-corrected chi connectivity index (χ3v) is 4.28. The minimum absolute atomic E-state index is 0.157. The summed E-state index contributed by atoms with van der Waals surface area (Å²) in [5.41, 5.74) is 2.39. The molecule has 0 unspecified atom stereocenters. The summed E-state index contributed by atoms with van der Waals surface area (Å²) in [6.07, 6.45) is 0.873. The molecule has 0 aliphatic rings. The number of urea groups is 1. The van der Waals surface area contributed by atoms with Crippen LogP contribution in [0.15, 0.2) is 48.5 Å². The van der Waals surface area contributed by atoms with Crippen LogP contribution >= 0.6 is 0 Å². The standard InChI is InChI=1S/C20H24N6O2/c1-4-12-25(14-16-8-6-5-7-9-16)20(27)21-17-10-11-19(28-3)18(13-17)26-15(2)22-23-24-26/h5-11,13H,4,12,14H2,1-3H3,(H,21,27). The van der Waals surface area contributed by atoms with Gasteiger partial charge in [0.25, 0.3) is 0 Å². The molecule has 2 amide bonds. The Morgan fingerprint density at radius 2 is 2.00 bits per heavy atom. The molecule has 0 aliphatic heterocycles. The van der Waals surface area contributed by atoms with E-state index in [-0.39, 0.29) is 6.03 Å². The highest BCUT2D eigenvalue weighted by Crippen LogP contribution is 2.26. The molecule has 0 atom stereocenters. The summed E-state index contributed by atoms with van der Waals surface area (Å²) in [4.78, 5) is 14.7. The smallest absolute Gasteiger partial charge is 0.322 e. The first-order valence-electron chi connectivity index (χ1n) is 9.15. The van der Waals surface area contributed by atoms with E-state index in [1.807, 2.05) is 30.3 Å². The number of amides is 2. The van der Waals surface area contributed by atoms with Crippen LogP contribution in [-0.2, 0) is 6.54 Å². The number of aryl methyl sites for hydroxylation is 1. The van der Waals surface area contributed by atoms with Gasteiger partial charge in [-0.2, -0.15) is 4.68 Å². The van der Waals surface area contributed by atoms with Crippen molar-refractivity contribution >= 4 is 11.7 Å². The number of carbonyl (C=O) groups is 1. The normalized spacial score (nSPS) is 10.5. The third-order valence-electron chi connectivity index (χ3n) is 4.28. The average Bonchev–Trinajstić information content (AvgIpc) is 3.14. The quantitative estimate of drug-likeness (QED) is 0.679. The number of tetrazole rings is 1. The van der Waals surface area contributed by atoms with Gasteiger partial charge in [0.1, 0.15) is 11.4 Å². The lowest BCUT2D eigenvalue weighted by Crippen LogP contribution is -2.35. The highest BCUT2D eigenvalue weighted by atomic mass is 16.5. The minimum Gasteiger partial charge on any atom is -0.494 e. The van der Waals surface area contributed by atoms with E-state index in [2.05, 4.69) is 27.8 Å². The molecular formula is C20H24N6O2. The molecule has 1 N–H and O–H groups in total. The van der Waals surface area contributed by atoms with Gasteiger partial charge in [0, 0.05) is 18.8 Å². The zero-order chi connectivity index (χ0) is 19.9. The molecule has 0 aliphatic carbocycles. The van der Waals surface area contributed by atoms with E-state index in [4.69, 9.17) is 4.74 Å². The molecule has 2 aromatic carbocycles. The summed E-state index contributed by atoms with van der Waals surface area (Å²) in [6, 6.07) is 15.2. The first kappa shape index (κ1) is 19.3. The van der Waals surface area contributed by atoms with Gasteiger partial charge < -0.3 is 15.0 Å². The molecule has 8 heteroatoms. The van der Waals surface area contributed by atoms with Crippen molar-refractivity contribution in [2.75, 3.05) is 19.0 Å². The molecule has 0 bridgehead atoms. The second-order valence-corrected chi connectivity index (χ2v) is 6.36. The number of benzene rings is 2. The van der Waals surface area contributed by atoms with Crippen molar-refractivity contribution in [3.63, 3.8) is 0 Å². The molecule has 146 valence electrons. The molecule has 0 saturated carbocycles. The predicted molar refractivity (Wildman–Crippen MR) is 107 cm³/mol. The van der Waals surface area contributed by atoms with Crippen LogP contribution < -0.4 is 10.1 Å². The number of hydrogen-bond acceptors (Lipinski definition) is 5. The van der Waals surface area contributed by atoms with E-state index in [9.17, 15) is 4.79 Å². The summed E-state index contributed by atoms with van der Waals surface area (Å²) in [7, 11) is 1.58. The van der Waals surface area contributed by atoms with Crippen molar-refractivity contribution in [1.82, 2.24) is 25.1 Å². The van der Waals surface area contributed by atoms with Gasteiger partial charge in [-0.05, 0) is 47.5 Å². The Hall–Kier alpha value is -3.42. The van der Waals surface area contributed by atoms with E-state index in [1.165, 1.54) is 0 Å². The fourth-order valence-corrected chi connectivity index (χ4v) is 2.92. The van der Waals surface area contributed by atoms with Gasteiger partial charge in [0.15, 0.2) is 5.82 Å². The summed E-state index contributed by atoms with van der Waals surface area (Å²) in [6.45, 7) is 5.07. The van der Waals surface area contributed by atoms with Gasteiger partial charge in [-0.25, -0.2) is 4.79 Å². The van der Waals surface area contributed by atoms with Crippen molar-refractivity contribution in [3.05, 3.63) is 59.9 Å². The number of hydrogen-bond donors (Lipinski definition) is 1. The molecule has 0 spiro atoms. The van der Waals surface area contributed by atoms with Gasteiger partial charge in [-0.1, -0.05) is 37.3 Å². The Balaban J connectivity index is 1.81. The fourth-order valence-electron chi connectivity index (χ4n) is 2.92. The van der Waals surface area contributed by atoms with Crippen LogP contribution in [0.25, 0.3) is 5.69 Å². The molecule has 8 nitrogen and oxygen atoms in total. The Labute approximate surface area is 164 Å². The molecule has 1 heterocycles. The van der Waals surface area contributed by atoms with Crippen LogP contribution in [0.1, 0.15) is 24.7 Å². The molecule has 0 fully saturated rings. The van der Waals surface area contributed by atoms with Crippen LogP contribution in [0, 0.1) is 6.92 Å². The Morgan fingerprint density at radius 1 is 1.21 bits per heavy atom. The van der Waals surface area contributed by atoms with Gasteiger partial charge in [-0.3, -0.25) is 0 Å². The zero-order valence-corrected chi connectivity index (χ0v) is 16.3. The maximum Gasteiger partial charge on any atom is 0.322 e. The molecule has 3 rings (SSSR count). The Kier molecular flexibility index (Phi) is 6.21. The fraction of sp³-hybridized carbons (Fsp3) is 0.300. The Morgan fingerprint density at radius 3 is 2.64 bits per heavy atom. The van der Waals surface area contributed by atoms with Crippen molar-refractivity contribution in [1.29, 1.82) is 0 Å². The lowest BCUT2D eigenvalue weighted by atomic mass is 10.2. The topological polar surface area (TPSA) is 85.2 Å². The van der Waals surface area contributed by atoms with Crippen LogP contribution in [0.3, 0.4) is 0 Å². The number of carbonyl (C=O) groups excluding carboxylic acids is 1. The number of ether oxygens (including phenoxy) is 1. The average molecular weight is 380 g/mol. The highest BCUT2D eigenvalue weighted by molar-refractivity contribution is 5.89. The van der Waals surface area contributed by atoms with Crippen LogP contribution in [-0.4, -0.2) is 44.8 Å². The third kappa shape index (κ3) is 4.46. The van der Waals surface area contributed by atoms with E-state index in [0.29, 0.717) is 36.0 Å². The van der Waals surface area contributed by atoms with Crippen LogP contribution in [0.4, 0.5) is 10.5 Å². The van der Waals surface area contributed by atoms with E-state index in [0.717, 1.165) is 12.0 Å². The first-order chi connectivity index (χ1) is 13.6. The molecule has 28 heavy (non-hydrogen) atoms. The predicted octanol–water partition coefficient (Wildman–Crippen LogP) is 3.42. The molecule has 0 radical (unpaired) electrons. The second kappa shape index (κ2) is 8.98.